The number of anilines is 1. The van der Waals surface area contributed by atoms with Crippen LogP contribution in [0.5, 0.6) is 0 Å². The molecule has 2 amide bonds. The Morgan fingerprint density at radius 1 is 1.15 bits per heavy atom. The maximum Gasteiger partial charge on any atom is 0.270 e. The Labute approximate surface area is 157 Å². The Kier molecular flexibility index (Phi) is 5.09. The zero-order chi connectivity index (χ0) is 18.8. The summed E-state index contributed by atoms with van der Waals surface area (Å²) in [5.41, 5.74) is 6.67. The van der Waals surface area contributed by atoms with Gasteiger partial charge in [-0.05, 0) is 25.0 Å². The predicted molar refractivity (Wildman–Crippen MR) is 99.0 cm³/mol. The lowest BCUT2D eigenvalue weighted by molar-refractivity contribution is -0.132. The summed E-state index contributed by atoms with van der Waals surface area (Å²) in [6.07, 6.45) is 1.86. The fraction of sp³-hybridized carbons (Fsp3) is 0.526. The molecule has 0 bridgehead atoms. The van der Waals surface area contributed by atoms with Gasteiger partial charge in [-0.25, -0.2) is 0 Å². The van der Waals surface area contributed by atoms with Crippen molar-refractivity contribution in [3.63, 3.8) is 0 Å². The van der Waals surface area contributed by atoms with E-state index in [1.54, 1.807) is 9.91 Å². The fourth-order valence-electron chi connectivity index (χ4n) is 3.93. The monoisotopic (exact) mass is 372 g/mol. The van der Waals surface area contributed by atoms with Gasteiger partial charge in [-0.2, -0.15) is 5.10 Å². The van der Waals surface area contributed by atoms with Gasteiger partial charge in [0.2, 0.25) is 5.91 Å². The molecule has 27 heavy (non-hydrogen) atoms. The lowest BCUT2D eigenvalue weighted by atomic mass is 9.96. The number of benzene rings is 1. The first-order chi connectivity index (χ1) is 13.1. The minimum atomic E-state index is -0.645. The molecule has 0 saturated carbocycles. The molecule has 1 aromatic carbocycles. The van der Waals surface area contributed by atoms with Gasteiger partial charge in [0.1, 0.15) is 11.8 Å². The Bertz CT molecular complexity index is 732. The molecule has 3 aliphatic heterocycles. The van der Waals surface area contributed by atoms with Crippen LogP contribution in [0.3, 0.4) is 0 Å². The first kappa shape index (κ1) is 17.9. The minimum absolute atomic E-state index is 0.137. The van der Waals surface area contributed by atoms with E-state index in [1.807, 2.05) is 30.3 Å². The van der Waals surface area contributed by atoms with Gasteiger partial charge in [-0.15, -0.1) is 0 Å². The number of rotatable bonds is 4. The van der Waals surface area contributed by atoms with Crippen LogP contribution >= 0.6 is 0 Å². The number of hydrazone groups is 1. The number of likely N-dealkylation sites (tertiary alicyclic amines) is 1. The number of ether oxygens (including phenoxy) is 2. The van der Waals surface area contributed by atoms with Gasteiger partial charge in [0.25, 0.3) is 5.91 Å². The van der Waals surface area contributed by atoms with Crippen molar-refractivity contribution in [2.75, 3.05) is 31.3 Å². The van der Waals surface area contributed by atoms with Crippen LogP contribution in [0.2, 0.25) is 0 Å². The van der Waals surface area contributed by atoms with E-state index in [0.717, 1.165) is 18.5 Å². The van der Waals surface area contributed by atoms with E-state index in [0.29, 0.717) is 32.0 Å². The molecule has 2 unspecified atom stereocenters. The first-order valence-electron chi connectivity index (χ1n) is 9.37. The van der Waals surface area contributed by atoms with Gasteiger partial charge >= 0.3 is 0 Å². The summed E-state index contributed by atoms with van der Waals surface area (Å²) in [6, 6.07) is 8.65. The molecule has 0 spiro atoms. The van der Waals surface area contributed by atoms with Gasteiger partial charge in [0.15, 0.2) is 6.29 Å². The van der Waals surface area contributed by atoms with Gasteiger partial charge in [0.05, 0.1) is 18.9 Å². The Hall–Kier alpha value is -2.45. The molecular weight excluding hydrogens is 348 g/mol. The molecule has 0 radical (unpaired) electrons. The van der Waals surface area contributed by atoms with Gasteiger partial charge in [-0.3, -0.25) is 14.6 Å². The molecule has 3 aliphatic rings. The molecule has 144 valence electrons. The zero-order valence-electron chi connectivity index (χ0n) is 15.1. The quantitative estimate of drug-likeness (QED) is 0.840. The molecule has 4 rings (SSSR count). The van der Waals surface area contributed by atoms with E-state index in [9.17, 15) is 9.59 Å². The summed E-state index contributed by atoms with van der Waals surface area (Å²) in [5.74, 6) is -0.457. The highest BCUT2D eigenvalue weighted by Crippen LogP contribution is 2.28. The number of piperidine rings is 1. The van der Waals surface area contributed by atoms with Crippen molar-refractivity contribution >= 4 is 23.2 Å². The Morgan fingerprint density at radius 3 is 2.59 bits per heavy atom. The zero-order valence-corrected chi connectivity index (χ0v) is 15.1. The van der Waals surface area contributed by atoms with Crippen molar-refractivity contribution in [3.8, 4) is 0 Å². The predicted octanol–water partition coefficient (Wildman–Crippen LogP) is 0.718. The Balaban J connectivity index is 1.50. The van der Waals surface area contributed by atoms with E-state index in [4.69, 9.17) is 15.2 Å². The first-order valence-corrected chi connectivity index (χ1v) is 9.37. The van der Waals surface area contributed by atoms with Gasteiger partial charge in [0, 0.05) is 25.4 Å². The number of nitrogens with zero attached hydrogens (tertiary/aromatic N) is 3. The third-order valence-corrected chi connectivity index (χ3v) is 5.28. The van der Waals surface area contributed by atoms with Crippen molar-refractivity contribution in [1.82, 2.24) is 4.90 Å². The second kappa shape index (κ2) is 7.66. The van der Waals surface area contributed by atoms with Crippen molar-refractivity contribution < 1.29 is 19.1 Å². The van der Waals surface area contributed by atoms with Crippen LogP contribution in [-0.2, 0) is 19.1 Å². The van der Waals surface area contributed by atoms with Crippen LogP contribution < -0.4 is 10.7 Å². The highest BCUT2D eigenvalue weighted by molar-refractivity contribution is 6.40. The van der Waals surface area contributed by atoms with Crippen LogP contribution in [0.25, 0.3) is 0 Å². The summed E-state index contributed by atoms with van der Waals surface area (Å²) in [7, 11) is 0. The van der Waals surface area contributed by atoms with E-state index in [1.165, 1.54) is 0 Å². The van der Waals surface area contributed by atoms with E-state index >= 15 is 0 Å². The van der Waals surface area contributed by atoms with E-state index < -0.39 is 11.9 Å². The van der Waals surface area contributed by atoms with Crippen LogP contribution in [0.15, 0.2) is 35.4 Å². The molecular formula is C19H24N4O4. The van der Waals surface area contributed by atoms with Gasteiger partial charge in [-0.1, -0.05) is 18.2 Å². The van der Waals surface area contributed by atoms with E-state index in [-0.39, 0.29) is 24.5 Å². The van der Waals surface area contributed by atoms with Crippen LogP contribution in [0.1, 0.15) is 19.3 Å². The fourth-order valence-corrected chi connectivity index (χ4v) is 3.93. The molecule has 2 atom stereocenters. The molecule has 2 saturated heterocycles. The maximum atomic E-state index is 13.0. The normalized spacial score (nSPS) is 26.3. The molecule has 2 fully saturated rings. The van der Waals surface area contributed by atoms with Crippen molar-refractivity contribution in [1.29, 1.82) is 0 Å². The summed E-state index contributed by atoms with van der Waals surface area (Å²) in [4.78, 5) is 26.7. The molecule has 0 aromatic heterocycles. The summed E-state index contributed by atoms with van der Waals surface area (Å²) in [5, 5.41) is 6.01. The van der Waals surface area contributed by atoms with Crippen molar-refractivity contribution in [3.05, 3.63) is 30.3 Å². The number of carbonyl (C=O) groups excluding carboxylic acids is 2. The number of amides is 2. The molecule has 3 heterocycles. The van der Waals surface area contributed by atoms with E-state index in [2.05, 4.69) is 5.10 Å². The Morgan fingerprint density at radius 2 is 1.89 bits per heavy atom. The smallest absolute Gasteiger partial charge is 0.270 e. The molecule has 8 nitrogen and oxygen atoms in total. The lowest BCUT2D eigenvalue weighted by Crippen LogP contribution is -2.46. The summed E-state index contributed by atoms with van der Waals surface area (Å²) >= 11 is 0. The number of para-hydroxylation sites is 1. The second-order valence-electron chi connectivity index (χ2n) is 7.11. The SMILES string of the molecule is NC(=O)C1CC(C(=O)N2CCCC(C3OCCO3)C2)=NN1c1ccccc1. The van der Waals surface area contributed by atoms with Crippen LogP contribution in [-0.4, -0.2) is 61.1 Å². The van der Waals surface area contributed by atoms with Crippen LogP contribution in [0.4, 0.5) is 5.69 Å². The summed E-state index contributed by atoms with van der Waals surface area (Å²) in [6.45, 7) is 2.46. The molecule has 8 heteroatoms. The average molecular weight is 372 g/mol. The van der Waals surface area contributed by atoms with Crippen molar-refractivity contribution in [2.24, 2.45) is 16.8 Å². The molecule has 0 aliphatic carbocycles. The lowest BCUT2D eigenvalue weighted by Gasteiger charge is -2.34. The average Bonchev–Trinajstić information content (AvgIpc) is 3.38. The van der Waals surface area contributed by atoms with Gasteiger partial charge < -0.3 is 20.1 Å². The number of hydrogen-bond donors (Lipinski definition) is 1. The second-order valence-corrected chi connectivity index (χ2v) is 7.11. The third-order valence-electron chi connectivity index (χ3n) is 5.28. The number of primary amides is 1. The topological polar surface area (TPSA) is 97.5 Å². The minimum Gasteiger partial charge on any atom is -0.368 e. The van der Waals surface area contributed by atoms with Crippen LogP contribution in [0, 0.1) is 5.92 Å². The molecule has 2 N–H and O–H groups in total. The van der Waals surface area contributed by atoms with Crippen molar-refractivity contribution in [2.45, 2.75) is 31.6 Å². The third kappa shape index (κ3) is 3.68. The summed E-state index contributed by atoms with van der Waals surface area (Å²) < 4.78 is 11.2. The highest BCUT2D eigenvalue weighted by Gasteiger charge is 2.39. The highest BCUT2D eigenvalue weighted by atomic mass is 16.7. The standard InChI is InChI=1S/C19H24N4O4/c20-17(24)16-11-15(21-23(16)14-6-2-1-3-7-14)18(25)22-8-4-5-13(12-22)19-26-9-10-27-19/h1-3,6-7,13,16,19H,4-5,8-12H2,(H2,20,24). The number of nitrogens with two attached hydrogens (primary N) is 1. The molecule has 1 aromatic rings. The largest absolute Gasteiger partial charge is 0.368 e. The number of hydrogen-bond acceptors (Lipinski definition) is 6. The number of carbonyl (C=O) groups is 2. The maximum absolute atomic E-state index is 13.0.